The Hall–Kier alpha value is -1.51. The van der Waals surface area contributed by atoms with Crippen LogP contribution in [0.5, 0.6) is 5.75 Å². The molecule has 0 radical (unpaired) electrons. The van der Waals surface area contributed by atoms with Crippen molar-refractivity contribution in [2.45, 2.75) is 13.8 Å². The van der Waals surface area contributed by atoms with Crippen molar-refractivity contribution >= 4 is 5.91 Å². The van der Waals surface area contributed by atoms with E-state index >= 15 is 0 Å². The van der Waals surface area contributed by atoms with Crippen molar-refractivity contribution in [2.75, 3.05) is 21.2 Å². The largest absolute Gasteiger partial charge is 0.497 e. The van der Waals surface area contributed by atoms with Gasteiger partial charge in [0.2, 0.25) is 0 Å². The average Bonchev–Trinajstić information content (AvgIpc) is 2.31. The van der Waals surface area contributed by atoms with Crippen molar-refractivity contribution in [1.29, 1.82) is 0 Å². The number of carbonyl (C=O) groups excluding carboxylic acids is 1. The minimum absolute atomic E-state index is 0.00246. The fraction of sp³-hybridized carbons (Fsp3) is 0.417. The van der Waals surface area contributed by atoms with Gasteiger partial charge in [-0.15, -0.1) is 0 Å². The molecule has 0 aliphatic carbocycles. The first kappa shape index (κ1) is 13.5. The Labute approximate surface area is 91.7 Å². The molecule has 0 atom stereocenters. The normalized spacial score (nSPS) is 8.60. The molecule has 0 N–H and O–H groups in total. The second-order valence-corrected chi connectivity index (χ2v) is 2.93. The molecule has 0 heterocycles. The predicted octanol–water partition coefficient (Wildman–Crippen LogP) is 2.42. The zero-order valence-corrected chi connectivity index (χ0v) is 10.1. The third-order valence-electron chi connectivity index (χ3n) is 1.74. The third kappa shape index (κ3) is 4.02. The van der Waals surface area contributed by atoms with Crippen LogP contribution in [0.3, 0.4) is 0 Å². The number of nitrogens with zero attached hydrogens (tertiary/aromatic N) is 1. The van der Waals surface area contributed by atoms with Gasteiger partial charge in [-0.25, -0.2) is 0 Å². The second-order valence-electron chi connectivity index (χ2n) is 2.93. The van der Waals surface area contributed by atoms with Crippen LogP contribution in [-0.4, -0.2) is 32.0 Å². The summed E-state index contributed by atoms with van der Waals surface area (Å²) in [6.45, 7) is 4.00. The fourth-order valence-corrected chi connectivity index (χ4v) is 0.992. The van der Waals surface area contributed by atoms with Crippen LogP contribution in [0, 0.1) is 0 Å². The molecule has 0 fully saturated rings. The molecule has 0 aliphatic rings. The number of amides is 1. The van der Waals surface area contributed by atoms with E-state index in [2.05, 4.69) is 0 Å². The van der Waals surface area contributed by atoms with Crippen molar-refractivity contribution in [3.8, 4) is 5.75 Å². The summed E-state index contributed by atoms with van der Waals surface area (Å²) in [5, 5.41) is 0. The molecule has 0 saturated heterocycles. The van der Waals surface area contributed by atoms with E-state index in [0.29, 0.717) is 5.56 Å². The van der Waals surface area contributed by atoms with Crippen molar-refractivity contribution < 1.29 is 9.53 Å². The summed E-state index contributed by atoms with van der Waals surface area (Å²) in [5.41, 5.74) is 0.672. The highest BCUT2D eigenvalue weighted by atomic mass is 16.5. The standard InChI is InChI=1S/C10H13NO2.C2H6/c1-11(2)10(12)8-4-6-9(13-3)7-5-8;1-2/h4-7H,1-3H3;1-2H3. The molecule has 0 unspecified atom stereocenters. The molecule has 0 bridgehead atoms. The van der Waals surface area contributed by atoms with Gasteiger partial charge in [0.15, 0.2) is 0 Å². The molecule has 3 nitrogen and oxygen atoms in total. The maximum Gasteiger partial charge on any atom is 0.253 e. The van der Waals surface area contributed by atoms with Crippen LogP contribution in [0.25, 0.3) is 0 Å². The Morgan fingerprint density at radius 3 is 1.93 bits per heavy atom. The zero-order valence-electron chi connectivity index (χ0n) is 10.1. The van der Waals surface area contributed by atoms with Gasteiger partial charge in [0.05, 0.1) is 7.11 Å². The molecule has 1 aromatic carbocycles. The van der Waals surface area contributed by atoms with Crippen LogP contribution in [0.1, 0.15) is 24.2 Å². The molecule has 1 aromatic rings. The molecule has 15 heavy (non-hydrogen) atoms. The van der Waals surface area contributed by atoms with Gasteiger partial charge >= 0.3 is 0 Å². The van der Waals surface area contributed by atoms with E-state index < -0.39 is 0 Å². The molecule has 0 saturated carbocycles. The lowest BCUT2D eigenvalue weighted by molar-refractivity contribution is 0.0827. The Kier molecular flexibility index (Phi) is 6.18. The summed E-state index contributed by atoms with van der Waals surface area (Å²) in [5.74, 6) is 0.762. The SMILES string of the molecule is CC.COc1ccc(C(=O)N(C)C)cc1. The number of benzene rings is 1. The summed E-state index contributed by atoms with van der Waals surface area (Å²) < 4.78 is 4.98. The van der Waals surface area contributed by atoms with E-state index in [9.17, 15) is 4.79 Å². The zero-order chi connectivity index (χ0) is 11.8. The van der Waals surface area contributed by atoms with Crippen LogP contribution >= 0.6 is 0 Å². The molecule has 84 valence electrons. The number of carbonyl (C=O) groups is 1. The summed E-state index contributed by atoms with van der Waals surface area (Å²) in [7, 11) is 5.06. The molecule has 0 aliphatic heterocycles. The van der Waals surface area contributed by atoms with Gasteiger partial charge in [-0.05, 0) is 24.3 Å². The van der Waals surface area contributed by atoms with E-state index in [1.165, 1.54) is 0 Å². The lowest BCUT2D eigenvalue weighted by Gasteiger charge is -2.10. The van der Waals surface area contributed by atoms with Crippen molar-refractivity contribution in [2.24, 2.45) is 0 Å². The highest BCUT2D eigenvalue weighted by Crippen LogP contribution is 2.11. The van der Waals surface area contributed by atoms with E-state index in [4.69, 9.17) is 4.74 Å². The fourth-order valence-electron chi connectivity index (χ4n) is 0.992. The van der Waals surface area contributed by atoms with Gasteiger partial charge in [0.1, 0.15) is 5.75 Å². The summed E-state index contributed by atoms with van der Waals surface area (Å²) in [6, 6.07) is 7.05. The Morgan fingerprint density at radius 2 is 1.60 bits per heavy atom. The summed E-state index contributed by atoms with van der Waals surface area (Å²) >= 11 is 0. The smallest absolute Gasteiger partial charge is 0.253 e. The quantitative estimate of drug-likeness (QED) is 0.748. The molecule has 3 heteroatoms. The Morgan fingerprint density at radius 1 is 1.13 bits per heavy atom. The van der Waals surface area contributed by atoms with E-state index in [0.717, 1.165) is 5.75 Å². The monoisotopic (exact) mass is 209 g/mol. The molecule has 1 rings (SSSR count). The maximum absolute atomic E-state index is 11.4. The molecular formula is C12H19NO2. The number of rotatable bonds is 2. The van der Waals surface area contributed by atoms with E-state index in [1.54, 1.807) is 50.4 Å². The molecule has 0 spiro atoms. The van der Waals surface area contributed by atoms with Crippen LogP contribution in [0.2, 0.25) is 0 Å². The molecule has 0 aromatic heterocycles. The Bertz CT molecular complexity index is 291. The average molecular weight is 209 g/mol. The minimum Gasteiger partial charge on any atom is -0.497 e. The first-order valence-electron chi connectivity index (χ1n) is 5.01. The van der Waals surface area contributed by atoms with Gasteiger partial charge in [-0.3, -0.25) is 4.79 Å². The van der Waals surface area contributed by atoms with Crippen LogP contribution in [0.4, 0.5) is 0 Å². The number of ether oxygens (including phenoxy) is 1. The van der Waals surface area contributed by atoms with Crippen molar-refractivity contribution in [3.05, 3.63) is 29.8 Å². The van der Waals surface area contributed by atoms with Crippen molar-refractivity contribution in [1.82, 2.24) is 4.90 Å². The summed E-state index contributed by atoms with van der Waals surface area (Å²) in [6.07, 6.45) is 0. The Balaban J connectivity index is 0.000000921. The summed E-state index contributed by atoms with van der Waals surface area (Å²) in [4.78, 5) is 13.0. The minimum atomic E-state index is 0.00246. The van der Waals surface area contributed by atoms with Gasteiger partial charge in [0, 0.05) is 19.7 Å². The topological polar surface area (TPSA) is 29.5 Å². The van der Waals surface area contributed by atoms with Crippen molar-refractivity contribution in [3.63, 3.8) is 0 Å². The predicted molar refractivity (Wildman–Crippen MR) is 62.4 cm³/mol. The van der Waals surface area contributed by atoms with Gasteiger partial charge in [0.25, 0.3) is 5.91 Å². The molecular weight excluding hydrogens is 190 g/mol. The van der Waals surface area contributed by atoms with Gasteiger partial charge in [-0.2, -0.15) is 0 Å². The first-order valence-corrected chi connectivity index (χ1v) is 5.01. The van der Waals surface area contributed by atoms with Gasteiger partial charge < -0.3 is 9.64 Å². The first-order chi connectivity index (χ1) is 7.15. The van der Waals surface area contributed by atoms with Gasteiger partial charge in [-0.1, -0.05) is 13.8 Å². The number of hydrogen-bond acceptors (Lipinski definition) is 2. The van der Waals surface area contributed by atoms with E-state index in [1.807, 2.05) is 13.8 Å². The van der Waals surface area contributed by atoms with Crippen LogP contribution < -0.4 is 4.74 Å². The highest BCUT2D eigenvalue weighted by Gasteiger charge is 2.06. The van der Waals surface area contributed by atoms with Crippen LogP contribution in [-0.2, 0) is 0 Å². The highest BCUT2D eigenvalue weighted by molar-refractivity contribution is 5.93. The van der Waals surface area contributed by atoms with Crippen LogP contribution in [0.15, 0.2) is 24.3 Å². The number of methoxy groups -OCH3 is 1. The third-order valence-corrected chi connectivity index (χ3v) is 1.74. The number of hydrogen-bond donors (Lipinski definition) is 0. The maximum atomic E-state index is 11.4. The second kappa shape index (κ2) is 6.87. The lowest BCUT2D eigenvalue weighted by Crippen LogP contribution is -2.21. The van der Waals surface area contributed by atoms with E-state index in [-0.39, 0.29) is 5.91 Å². The lowest BCUT2D eigenvalue weighted by atomic mass is 10.2. The molecule has 1 amide bonds.